The van der Waals surface area contributed by atoms with Gasteiger partial charge in [-0.3, -0.25) is 4.79 Å². The fraction of sp³-hybridized carbons (Fsp3) is 0.381. The monoisotopic (exact) mass is 397 g/mol. The number of hydrogen-bond donors (Lipinski definition) is 0. The topological polar surface area (TPSA) is 63.5 Å². The highest BCUT2D eigenvalue weighted by molar-refractivity contribution is 6.31. The fourth-order valence-corrected chi connectivity index (χ4v) is 3.73. The SMILES string of the molecule is Cc1cc(N2CCCN(c3ccc(C(=O)N(C)C)cc3)CC2)c(C#N)c(Cl)n1. The van der Waals surface area contributed by atoms with Crippen LogP contribution in [0, 0.1) is 18.3 Å². The summed E-state index contributed by atoms with van der Waals surface area (Å²) in [7, 11) is 3.50. The molecule has 1 saturated heterocycles. The van der Waals surface area contributed by atoms with Crippen molar-refractivity contribution >= 4 is 28.9 Å². The van der Waals surface area contributed by atoms with Crippen LogP contribution in [-0.4, -0.2) is 56.1 Å². The molecule has 28 heavy (non-hydrogen) atoms. The third kappa shape index (κ3) is 4.20. The molecule has 0 atom stereocenters. The van der Waals surface area contributed by atoms with Crippen LogP contribution in [0.3, 0.4) is 0 Å². The zero-order valence-corrected chi connectivity index (χ0v) is 17.2. The molecule has 0 aliphatic carbocycles. The van der Waals surface area contributed by atoms with Gasteiger partial charge in [0.25, 0.3) is 5.91 Å². The van der Waals surface area contributed by atoms with Crippen LogP contribution in [-0.2, 0) is 0 Å². The first-order valence-electron chi connectivity index (χ1n) is 9.29. The number of aromatic nitrogens is 1. The van der Waals surface area contributed by atoms with E-state index in [0.29, 0.717) is 11.1 Å². The van der Waals surface area contributed by atoms with E-state index in [0.717, 1.165) is 49.7 Å². The van der Waals surface area contributed by atoms with Crippen molar-refractivity contribution in [1.82, 2.24) is 9.88 Å². The number of nitrogens with zero attached hydrogens (tertiary/aromatic N) is 5. The van der Waals surface area contributed by atoms with Crippen LogP contribution < -0.4 is 9.80 Å². The number of amides is 1. The van der Waals surface area contributed by atoms with Gasteiger partial charge in [-0.2, -0.15) is 5.26 Å². The number of aryl methyl sites for hydroxylation is 1. The maximum Gasteiger partial charge on any atom is 0.253 e. The molecule has 2 heterocycles. The van der Waals surface area contributed by atoms with Crippen LogP contribution >= 0.6 is 11.6 Å². The third-order valence-corrected chi connectivity index (χ3v) is 5.19. The largest absolute Gasteiger partial charge is 0.370 e. The van der Waals surface area contributed by atoms with Crippen molar-refractivity contribution in [2.75, 3.05) is 50.1 Å². The molecule has 1 fully saturated rings. The van der Waals surface area contributed by atoms with Crippen molar-refractivity contribution in [3.05, 3.63) is 52.3 Å². The molecule has 3 rings (SSSR count). The molecule has 0 saturated carbocycles. The Morgan fingerprint density at radius 2 is 1.79 bits per heavy atom. The van der Waals surface area contributed by atoms with E-state index in [4.69, 9.17) is 11.6 Å². The Bertz CT molecular complexity index is 904. The van der Waals surface area contributed by atoms with Crippen LogP contribution in [0.5, 0.6) is 0 Å². The molecule has 1 amide bonds. The summed E-state index contributed by atoms with van der Waals surface area (Å²) in [6.07, 6.45) is 0.961. The Morgan fingerprint density at radius 3 is 2.43 bits per heavy atom. The van der Waals surface area contributed by atoms with Gasteiger partial charge < -0.3 is 14.7 Å². The number of hydrogen-bond acceptors (Lipinski definition) is 5. The number of carbonyl (C=O) groups is 1. The maximum atomic E-state index is 12.1. The summed E-state index contributed by atoms with van der Waals surface area (Å²) in [4.78, 5) is 22.4. The molecular weight excluding hydrogens is 374 g/mol. The van der Waals surface area contributed by atoms with Crippen molar-refractivity contribution in [3.63, 3.8) is 0 Å². The minimum Gasteiger partial charge on any atom is -0.370 e. The first-order valence-corrected chi connectivity index (χ1v) is 9.67. The van der Waals surface area contributed by atoms with Crippen LogP contribution in [0.25, 0.3) is 0 Å². The first kappa shape index (κ1) is 20.0. The predicted octanol–water partition coefficient (Wildman–Crippen LogP) is 3.33. The smallest absolute Gasteiger partial charge is 0.253 e. The standard InChI is InChI=1S/C21H24ClN5O/c1-15-13-19(18(14-23)20(22)24-15)27-10-4-9-26(11-12-27)17-7-5-16(6-8-17)21(28)25(2)3/h5-8,13H,4,9-12H2,1-3H3. The molecule has 1 aliphatic rings. The van der Waals surface area contributed by atoms with Gasteiger partial charge in [-0.05, 0) is 43.7 Å². The minimum atomic E-state index is 0.00237. The van der Waals surface area contributed by atoms with Crippen molar-refractivity contribution in [1.29, 1.82) is 5.26 Å². The van der Waals surface area contributed by atoms with E-state index in [1.165, 1.54) is 0 Å². The Morgan fingerprint density at radius 1 is 1.14 bits per heavy atom. The van der Waals surface area contributed by atoms with Crippen LogP contribution in [0.2, 0.25) is 5.15 Å². The molecule has 1 aliphatic heterocycles. The average molecular weight is 398 g/mol. The minimum absolute atomic E-state index is 0.00237. The normalized spacial score (nSPS) is 14.4. The second-order valence-corrected chi connectivity index (χ2v) is 7.49. The predicted molar refractivity (Wildman–Crippen MR) is 112 cm³/mol. The number of nitriles is 1. The summed E-state index contributed by atoms with van der Waals surface area (Å²) in [5.74, 6) is 0.00237. The molecular formula is C21H24ClN5O. The lowest BCUT2D eigenvalue weighted by Gasteiger charge is -2.26. The number of anilines is 2. The highest BCUT2D eigenvalue weighted by Gasteiger charge is 2.20. The Balaban J connectivity index is 1.76. The van der Waals surface area contributed by atoms with Crippen molar-refractivity contribution in [2.24, 2.45) is 0 Å². The van der Waals surface area contributed by atoms with Gasteiger partial charge in [-0.25, -0.2) is 4.98 Å². The summed E-state index contributed by atoms with van der Waals surface area (Å²) in [6, 6.07) is 11.9. The van der Waals surface area contributed by atoms with Crippen LogP contribution in [0.15, 0.2) is 30.3 Å². The lowest BCUT2D eigenvalue weighted by molar-refractivity contribution is 0.0827. The van der Waals surface area contributed by atoms with E-state index in [1.807, 2.05) is 37.3 Å². The summed E-state index contributed by atoms with van der Waals surface area (Å²) in [6.45, 7) is 5.26. The summed E-state index contributed by atoms with van der Waals surface area (Å²) in [5, 5.41) is 9.75. The molecule has 0 N–H and O–H groups in total. The van der Waals surface area contributed by atoms with Gasteiger partial charge in [0.2, 0.25) is 0 Å². The van der Waals surface area contributed by atoms with E-state index in [2.05, 4.69) is 20.9 Å². The van der Waals surface area contributed by atoms with Gasteiger partial charge in [0.05, 0.1) is 5.69 Å². The second-order valence-electron chi connectivity index (χ2n) is 7.13. The highest BCUT2D eigenvalue weighted by Crippen LogP contribution is 2.28. The molecule has 0 radical (unpaired) electrons. The van der Waals surface area contributed by atoms with Crippen LogP contribution in [0.1, 0.15) is 28.0 Å². The molecule has 0 spiro atoms. The quantitative estimate of drug-likeness (QED) is 0.743. The molecule has 0 bridgehead atoms. The molecule has 0 unspecified atom stereocenters. The number of benzene rings is 1. The number of carbonyl (C=O) groups excluding carboxylic acids is 1. The average Bonchev–Trinajstić information content (AvgIpc) is 2.93. The molecule has 146 valence electrons. The van der Waals surface area contributed by atoms with E-state index in [9.17, 15) is 10.1 Å². The van der Waals surface area contributed by atoms with E-state index >= 15 is 0 Å². The van der Waals surface area contributed by atoms with E-state index < -0.39 is 0 Å². The lowest BCUT2D eigenvalue weighted by atomic mass is 10.1. The van der Waals surface area contributed by atoms with Crippen LogP contribution in [0.4, 0.5) is 11.4 Å². The zero-order valence-electron chi connectivity index (χ0n) is 16.4. The van der Waals surface area contributed by atoms with Gasteiger partial charge in [-0.15, -0.1) is 0 Å². The Hall–Kier alpha value is -2.78. The maximum absolute atomic E-state index is 12.1. The van der Waals surface area contributed by atoms with Crippen molar-refractivity contribution in [2.45, 2.75) is 13.3 Å². The number of halogens is 1. The second kappa shape index (κ2) is 8.49. The van der Waals surface area contributed by atoms with Crippen molar-refractivity contribution in [3.8, 4) is 6.07 Å². The highest BCUT2D eigenvalue weighted by atomic mass is 35.5. The zero-order chi connectivity index (χ0) is 20.3. The molecule has 1 aromatic heterocycles. The summed E-state index contributed by atoms with van der Waals surface area (Å²) < 4.78 is 0. The number of pyridine rings is 1. The summed E-state index contributed by atoms with van der Waals surface area (Å²) in [5.41, 5.74) is 3.88. The third-order valence-electron chi connectivity index (χ3n) is 4.92. The summed E-state index contributed by atoms with van der Waals surface area (Å²) >= 11 is 6.18. The molecule has 6 nitrogen and oxygen atoms in total. The molecule has 7 heteroatoms. The van der Waals surface area contributed by atoms with E-state index in [-0.39, 0.29) is 11.1 Å². The molecule has 2 aromatic rings. The van der Waals surface area contributed by atoms with E-state index in [1.54, 1.807) is 19.0 Å². The Kier molecular flexibility index (Phi) is 6.05. The van der Waals surface area contributed by atoms with Gasteiger partial charge in [0.15, 0.2) is 0 Å². The Labute approximate surface area is 170 Å². The van der Waals surface area contributed by atoms with Gasteiger partial charge in [-0.1, -0.05) is 11.6 Å². The number of rotatable bonds is 3. The fourth-order valence-electron chi connectivity index (χ4n) is 3.46. The van der Waals surface area contributed by atoms with Gasteiger partial charge >= 0.3 is 0 Å². The van der Waals surface area contributed by atoms with Gasteiger partial charge in [0.1, 0.15) is 16.8 Å². The first-order chi connectivity index (χ1) is 13.4. The molecule has 1 aromatic carbocycles. The van der Waals surface area contributed by atoms with Gasteiger partial charge in [0, 0.05) is 57.2 Å². The lowest BCUT2D eigenvalue weighted by Crippen LogP contribution is -2.31. The van der Waals surface area contributed by atoms with Crippen molar-refractivity contribution < 1.29 is 4.79 Å².